The van der Waals surface area contributed by atoms with Crippen LogP contribution in [0.1, 0.15) is 18.5 Å². The van der Waals surface area contributed by atoms with Crippen LogP contribution in [0.5, 0.6) is 5.75 Å². The van der Waals surface area contributed by atoms with E-state index >= 15 is 0 Å². The van der Waals surface area contributed by atoms with E-state index in [-0.39, 0.29) is 11.8 Å². The Balaban J connectivity index is 2.31. The molecule has 0 aliphatic carbocycles. The second-order valence-electron chi connectivity index (χ2n) is 4.54. The number of ketones is 1. The molecule has 0 radical (unpaired) electrons. The van der Waals surface area contributed by atoms with Gasteiger partial charge in [-0.2, -0.15) is 0 Å². The van der Waals surface area contributed by atoms with Gasteiger partial charge in [-0.05, 0) is 13.0 Å². The second-order valence-corrected chi connectivity index (χ2v) is 4.54. The van der Waals surface area contributed by atoms with E-state index in [9.17, 15) is 4.79 Å². The Labute approximate surface area is 108 Å². The van der Waals surface area contributed by atoms with Gasteiger partial charge in [0.2, 0.25) is 0 Å². The Kier molecular flexibility index (Phi) is 4.33. The van der Waals surface area contributed by atoms with E-state index in [1.165, 1.54) is 0 Å². The second kappa shape index (κ2) is 5.98. The van der Waals surface area contributed by atoms with E-state index in [2.05, 4.69) is 10.2 Å². The van der Waals surface area contributed by atoms with E-state index < -0.39 is 0 Å². The van der Waals surface area contributed by atoms with Gasteiger partial charge in [0, 0.05) is 31.7 Å². The summed E-state index contributed by atoms with van der Waals surface area (Å²) in [6.45, 7) is 5.29. The number of carbonyl (C=O) groups excluding carboxylic acids is 1. The number of hydrogen-bond donors (Lipinski definition) is 1. The third kappa shape index (κ3) is 2.71. The quantitative estimate of drug-likeness (QED) is 0.870. The van der Waals surface area contributed by atoms with Crippen LogP contribution in [-0.2, 0) is 4.79 Å². The van der Waals surface area contributed by atoms with Gasteiger partial charge >= 0.3 is 0 Å². The van der Waals surface area contributed by atoms with E-state index in [0.717, 1.165) is 37.5 Å². The number of ether oxygens (including phenoxy) is 1. The molecule has 4 heteroatoms. The van der Waals surface area contributed by atoms with Crippen LogP contribution in [0.4, 0.5) is 0 Å². The summed E-state index contributed by atoms with van der Waals surface area (Å²) >= 11 is 0. The Morgan fingerprint density at radius 2 is 2.00 bits per heavy atom. The number of hydrogen-bond acceptors (Lipinski definition) is 4. The number of rotatable bonds is 4. The number of carbonyl (C=O) groups is 1. The molecule has 4 nitrogen and oxygen atoms in total. The van der Waals surface area contributed by atoms with Crippen molar-refractivity contribution >= 4 is 5.78 Å². The summed E-state index contributed by atoms with van der Waals surface area (Å²) < 4.78 is 5.37. The Bertz CT molecular complexity index is 414. The van der Waals surface area contributed by atoms with Crippen molar-refractivity contribution in [1.82, 2.24) is 10.2 Å². The number of piperazine rings is 1. The largest absolute Gasteiger partial charge is 0.496 e. The number of benzene rings is 1. The highest BCUT2D eigenvalue weighted by atomic mass is 16.5. The van der Waals surface area contributed by atoms with E-state index in [1.807, 2.05) is 24.3 Å². The third-order valence-electron chi connectivity index (χ3n) is 3.34. The average Bonchev–Trinajstić information content (AvgIpc) is 2.40. The number of nitrogens with one attached hydrogen (secondary N) is 1. The van der Waals surface area contributed by atoms with Gasteiger partial charge in [-0.1, -0.05) is 18.2 Å². The molecule has 0 spiro atoms. The molecule has 1 N–H and O–H groups in total. The monoisotopic (exact) mass is 248 g/mol. The van der Waals surface area contributed by atoms with Crippen LogP contribution >= 0.6 is 0 Å². The highest BCUT2D eigenvalue weighted by Crippen LogP contribution is 2.30. The topological polar surface area (TPSA) is 41.6 Å². The summed E-state index contributed by atoms with van der Waals surface area (Å²) in [7, 11) is 1.65. The molecule has 1 atom stereocenters. The van der Waals surface area contributed by atoms with Crippen molar-refractivity contribution in [2.24, 2.45) is 0 Å². The first-order valence-corrected chi connectivity index (χ1v) is 6.32. The molecule has 1 heterocycles. The van der Waals surface area contributed by atoms with E-state index in [4.69, 9.17) is 4.74 Å². The summed E-state index contributed by atoms with van der Waals surface area (Å²) in [6.07, 6.45) is 0. The molecule has 98 valence electrons. The van der Waals surface area contributed by atoms with Gasteiger partial charge < -0.3 is 10.1 Å². The van der Waals surface area contributed by atoms with Crippen molar-refractivity contribution in [3.63, 3.8) is 0 Å². The lowest BCUT2D eigenvalue weighted by atomic mass is 10.00. The van der Waals surface area contributed by atoms with Crippen molar-refractivity contribution in [1.29, 1.82) is 0 Å². The highest BCUT2D eigenvalue weighted by molar-refractivity contribution is 5.83. The first-order chi connectivity index (χ1) is 8.74. The summed E-state index contributed by atoms with van der Waals surface area (Å²) in [4.78, 5) is 14.2. The molecule has 0 amide bonds. The fourth-order valence-electron chi connectivity index (χ4n) is 2.51. The number of nitrogens with zero attached hydrogens (tertiary/aromatic N) is 1. The highest BCUT2D eigenvalue weighted by Gasteiger charge is 2.28. The summed E-state index contributed by atoms with van der Waals surface area (Å²) in [5.41, 5.74) is 0.967. The SMILES string of the molecule is COc1ccccc1C(C(C)=O)N1CCNCC1. The predicted molar refractivity (Wildman–Crippen MR) is 70.9 cm³/mol. The number of para-hydroxylation sites is 1. The maximum absolute atomic E-state index is 12.0. The first-order valence-electron chi connectivity index (χ1n) is 6.32. The van der Waals surface area contributed by atoms with Crippen LogP contribution in [0.2, 0.25) is 0 Å². The van der Waals surface area contributed by atoms with Crippen LogP contribution in [0.15, 0.2) is 24.3 Å². The van der Waals surface area contributed by atoms with Gasteiger partial charge in [-0.25, -0.2) is 0 Å². The fourth-order valence-corrected chi connectivity index (χ4v) is 2.51. The molecular formula is C14H20N2O2. The van der Waals surface area contributed by atoms with Crippen LogP contribution in [0.3, 0.4) is 0 Å². The lowest BCUT2D eigenvalue weighted by Crippen LogP contribution is -2.46. The zero-order valence-electron chi connectivity index (χ0n) is 11.0. The minimum absolute atomic E-state index is 0.168. The number of Topliss-reactive ketones (excluding diaryl/α,β-unsaturated/α-hetero) is 1. The molecule has 18 heavy (non-hydrogen) atoms. The van der Waals surface area contributed by atoms with E-state index in [1.54, 1.807) is 14.0 Å². The van der Waals surface area contributed by atoms with E-state index in [0.29, 0.717) is 0 Å². The maximum atomic E-state index is 12.0. The minimum atomic E-state index is -0.191. The van der Waals surface area contributed by atoms with Crippen molar-refractivity contribution in [3.8, 4) is 5.75 Å². The van der Waals surface area contributed by atoms with Gasteiger partial charge in [0.25, 0.3) is 0 Å². The van der Waals surface area contributed by atoms with Gasteiger partial charge in [-0.15, -0.1) is 0 Å². The molecule has 1 aromatic rings. The molecule has 0 bridgehead atoms. The molecule has 1 unspecified atom stereocenters. The van der Waals surface area contributed by atoms with Crippen molar-refractivity contribution in [2.45, 2.75) is 13.0 Å². The molecule has 0 aromatic heterocycles. The molecule has 0 saturated carbocycles. The number of methoxy groups -OCH3 is 1. The molecule has 1 aliphatic heterocycles. The maximum Gasteiger partial charge on any atom is 0.151 e. The Hall–Kier alpha value is -1.39. The minimum Gasteiger partial charge on any atom is -0.496 e. The predicted octanol–water partition coefficient (Wildman–Crippen LogP) is 1.23. The van der Waals surface area contributed by atoms with Gasteiger partial charge in [-0.3, -0.25) is 9.69 Å². The Morgan fingerprint density at radius 1 is 1.33 bits per heavy atom. The summed E-state index contributed by atoms with van der Waals surface area (Å²) in [5, 5.41) is 3.30. The van der Waals surface area contributed by atoms with Gasteiger partial charge in [0.15, 0.2) is 5.78 Å². The summed E-state index contributed by atoms with van der Waals surface area (Å²) in [6, 6.07) is 7.58. The fraction of sp³-hybridized carbons (Fsp3) is 0.500. The normalized spacial score (nSPS) is 18.3. The standard InChI is InChI=1S/C14H20N2O2/c1-11(17)14(16-9-7-15-8-10-16)12-5-3-4-6-13(12)18-2/h3-6,14-15H,7-10H2,1-2H3. The third-order valence-corrected chi connectivity index (χ3v) is 3.34. The molecule has 1 aromatic carbocycles. The zero-order valence-corrected chi connectivity index (χ0v) is 11.0. The molecule has 1 aliphatic rings. The van der Waals surface area contributed by atoms with Crippen LogP contribution in [0, 0.1) is 0 Å². The molecule has 2 rings (SSSR count). The lowest BCUT2D eigenvalue weighted by Gasteiger charge is -2.34. The smallest absolute Gasteiger partial charge is 0.151 e. The molecule has 1 fully saturated rings. The van der Waals surface area contributed by atoms with Crippen LogP contribution in [0.25, 0.3) is 0 Å². The van der Waals surface area contributed by atoms with Crippen molar-refractivity contribution in [3.05, 3.63) is 29.8 Å². The lowest BCUT2D eigenvalue weighted by molar-refractivity contribution is -0.122. The molecule has 1 saturated heterocycles. The zero-order chi connectivity index (χ0) is 13.0. The van der Waals surface area contributed by atoms with Gasteiger partial charge in [0.05, 0.1) is 13.2 Å². The first kappa shape index (κ1) is 13.1. The van der Waals surface area contributed by atoms with Gasteiger partial charge in [0.1, 0.15) is 5.75 Å². The van der Waals surface area contributed by atoms with Crippen LogP contribution < -0.4 is 10.1 Å². The average molecular weight is 248 g/mol. The summed E-state index contributed by atoms with van der Waals surface area (Å²) in [5.74, 6) is 0.956. The van der Waals surface area contributed by atoms with Crippen LogP contribution in [-0.4, -0.2) is 44.0 Å². The van der Waals surface area contributed by atoms with Crippen molar-refractivity contribution < 1.29 is 9.53 Å². The van der Waals surface area contributed by atoms with Crippen molar-refractivity contribution in [2.75, 3.05) is 33.3 Å². The Morgan fingerprint density at radius 3 is 2.61 bits per heavy atom. The molecular weight excluding hydrogens is 228 g/mol.